The molecule has 0 radical (unpaired) electrons. The van der Waals surface area contributed by atoms with E-state index in [1.165, 1.54) is 6.92 Å². The normalized spacial score (nSPS) is 16.0. The number of hydrogen-bond donors (Lipinski definition) is 0. The highest BCUT2D eigenvalue weighted by Crippen LogP contribution is 2.11. The van der Waals surface area contributed by atoms with Crippen molar-refractivity contribution in [2.45, 2.75) is 40.2 Å². The Morgan fingerprint density at radius 3 is 2.50 bits per heavy atom. The topological polar surface area (TPSA) is 26.3 Å². The highest BCUT2D eigenvalue weighted by Gasteiger charge is 2.12. The SMILES string of the molecule is C/C=C/C[C@@H](C)[C@H](C)OC(C)=O. The Hall–Kier alpha value is -0.790. The molecule has 0 spiro atoms. The summed E-state index contributed by atoms with van der Waals surface area (Å²) in [6.45, 7) is 7.44. The minimum absolute atomic E-state index is 0.0127. The molecule has 12 heavy (non-hydrogen) atoms. The highest BCUT2D eigenvalue weighted by atomic mass is 16.5. The first-order valence-electron chi connectivity index (χ1n) is 4.36. The van der Waals surface area contributed by atoms with Gasteiger partial charge < -0.3 is 4.74 Å². The van der Waals surface area contributed by atoms with Crippen molar-refractivity contribution < 1.29 is 9.53 Å². The average molecular weight is 170 g/mol. The Kier molecular flexibility index (Phi) is 5.43. The molecule has 0 saturated heterocycles. The van der Waals surface area contributed by atoms with Gasteiger partial charge in [0.2, 0.25) is 0 Å². The smallest absolute Gasteiger partial charge is 0.302 e. The van der Waals surface area contributed by atoms with Gasteiger partial charge in [-0.15, -0.1) is 0 Å². The summed E-state index contributed by atoms with van der Waals surface area (Å²) >= 11 is 0. The van der Waals surface area contributed by atoms with Gasteiger partial charge in [-0.2, -0.15) is 0 Å². The lowest BCUT2D eigenvalue weighted by atomic mass is 10.0. The van der Waals surface area contributed by atoms with E-state index in [0.29, 0.717) is 5.92 Å². The number of carbonyl (C=O) groups excluding carboxylic acids is 1. The first kappa shape index (κ1) is 11.2. The zero-order valence-electron chi connectivity index (χ0n) is 8.33. The standard InChI is InChI=1S/C10H18O2/c1-5-6-7-8(2)9(3)12-10(4)11/h5-6,8-9H,7H2,1-4H3/b6-5+/t8-,9+/m1/s1. The van der Waals surface area contributed by atoms with Gasteiger partial charge >= 0.3 is 5.97 Å². The van der Waals surface area contributed by atoms with E-state index >= 15 is 0 Å². The second kappa shape index (κ2) is 5.81. The monoisotopic (exact) mass is 170 g/mol. The molecule has 0 bridgehead atoms. The number of allylic oxidation sites excluding steroid dienone is 2. The molecule has 0 fully saturated rings. The van der Waals surface area contributed by atoms with Crippen LogP contribution in [0.15, 0.2) is 12.2 Å². The molecule has 0 heterocycles. The summed E-state index contributed by atoms with van der Waals surface area (Å²) in [5.41, 5.74) is 0. The predicted octanol–water partition coefficient (Wildman–Crippen LogP) is 2.54. The molecular weight excluding hydrogens is 152 g/mol. The van der Waals surface area contributed by atoms with Gasteiger partial charge in [0.25, 0.3) is 0 Å². The van der Waals surface area contributed by atoms with Crippen molar-refractivity contribution in [3.63, 3.8) is 0 Å². The lowest BCUT2D eigenvalue weighted by Crippen LogP contribution is -2.20. The number of esters is 1. The van der Waals surface area contributed by atoms with E-state index in [1.54, 1.807) is 0 Å². The second-order valence-corrected chi connectivity index (χ2v) is 3.10. The van der Waals surface area contributed by atoms with Gasteiger partial charge in [-0.3, -0.25) is 4.79 Å². The molecule has 2 heteroatoms. The third-order valence-corrected chi connectivity index (χ3v) is 1.90. The van der Waals surface area contributed by atoms with Crippen LogP contribution < -0.4 is 0 Å². The van der Waals surface area contributed by atoms with Crippen molar-refractivity contribution in [3.05, 3.63) is 12.2 Å². The zero-order valence-corrected chi connectivity index (χ0v) is 8.33. The number of rotatable bonds is 4. The summed E-state index contributed by atoms with van der Waals surface area (Å²) in [5.74, 6) is 0.194. The van der Waals surface area contributed by atoms with Crippen molar-refractivity contribution in [2.24, 2.45) is 5.92 Å². The van der Waals surface area contributed by atoms with Crippen molar-refractivity contribution in [2.75, 3.05) is 0 Å². The van der Waals surface area contributed by atoms with Crippen LogP contribution in [0.2, 0.25) is 0 Å². The molecular formula is C10H18O2. The third kappa shape index (κ3) is 4.94. The molecule has 0 aromatic carbocycles. The number of carbonyl (C=O) groups is 1. The maximum atomic E-state index is 10.6. The molecule has 70 valence electrons. The maximum Gasteiger partial charge on any atom is 0.302 e. The van der Waals surface area contributed by atoms with Gasteiger partial charge in [0.15, 0.2) is 0 Å². The van der Waals surface area contributed by atoms with Crippen molar-refractivity contribution >= 4 is 5.97 Å². The van der Waals surface area contributed by atoms with Crippen LogP contribution in [0.1, 0.15) is 34.1 Å². The molecule has 0 amide bonds. The highest BCUT2D eigenvalue weighted by molar-refractivity contribution is 5.66. The first-order chi connectivity index (χ1) is 5.57. The Balaban J connectivity index is 3.75. The van der Waals surface area contributed by atoms with Gasteiger partial charge in [0.05, 0.1) is 0 Å². The quantitative estimate of drug-likeness (QED) is 0.478. The van der Waals surface area contributed by atoms with E-state index in [2.05, 4.69) is 13.0 Å². The van der Waals surface area contributed by atoms with Crippen LogP contribution in [0.25, 0.3) is 0 Å². The number of hydrogen-bond acceptors (Lipinski definition) is 2. The lowest BCUT2D eigenvalue weighted by Gasteiger charge is -2.17. The molecule has 2 atom stereocenters. The Labute approximate surface area is 74.6 Å². The van der Waals surface area contributed by atoms with Gasteiger partial charge in [0, 0.05) is 6.92 Å². The number of ether oxygens (including phenoxy) is 1. The third-order valence-electron chi connectivity index (χ3n) is 1.90. The Morgan fingerprint density at radius 1 is 1.50 bits per heavy atom. The molecule has 0 aliphatic heterocycles. The predicted molar refractivity (Wildman–Crippen MR) is 49.8 cm³/mol. The summed E-state index contributed by atoms with van der Waals surface area (Å²) in [6, 6.07) is 0. The van der Waals surface area contributed by atoms with Crippen molar-refractivity contribution in [1.29, 1.82) is 0 Å². The molecule has 0 unspecified atom stereocenters. The van der Waals surface area contributed by atoms with E-state index in [0.717, 1.165) is 6.42 Å². The zero-order chi connectivity index (χ0) is 9.56. The van der Waals surface area contributed by atoms with Gasteiger partial charge in [-0.1, -0.05) is 19.1 Å². The molecule has 2 nitrogen and oxygen atoms in total. The first-order valence-corrected chi connectivity index (χ1v) is 4.36. The molecule has 0 saturated carbocycles. The molecule has 0 rings (SSSR count). The summed E-state index contributed by atoms with van der Waals surface area (Å²) in [7, 11) is 0. The van der Waals surface area contributed by atoms with Crippen LogP contribution in [0.4, 0.5) is 0 Å². The maximum absolute atomic E-state index is 10.6. The van der Waals surface area contributed by atoms with Crippen molar-refractivity contribution in [3.8, 4) is 0 Å². The van der Waals surface area contributed by atoms with Gasteiger partial charge in [-0.05, 0) is 26.2 Å². The van der Waals surface area contributed by atoms with Gasteiger partial charge in [0.1, 0.15) is 6.10 Å². The fraction of sp³-hybridized carbons (Fsp3) is 0.700. The second-order valence-electron chi connectivity index (χ2n) is 3.10. The van der Waals surface area contributed by atoms with E-state index < -0.39 is 0 Å². The Bertz CT molecular complexity index is 161. The van der Waals surface area contributed by atoms with Crippen molar-refractivity contribution in [1.82, 2.24) is 0 Å². The molecule has 0 aliphatic rings. The van der Waals surface area contributed by atoms with Crippen LogP contribution in [0, 0.1) is 5.92 Å². The minimum atomic E-state index is -0.199. The lowest BCUT2D eigenvalue weighted by molar-refractivity contribution is -0.147. The summed E-state index contributed by atoms with van der Waals surface area (Å²) in [4.78, 5) is 10.6. The summed E-state index contributed by atoms with van der Waals surface area (Å²) < 4.78 is 5.04. The van der Waals surface area contributed by atoms with Crippen LogP contribution in [-0.2, 0) is 9.53 Å². The van der Waals surface area contributed by atoms with E-state index in [4.69, 9.17) is 4.74 Å². The van der Waals surface area contributed by atoms with E-state index in [9.17, 15) is 4.79 Å². The largest absolute Gasteiger partial charge is 0.463 e. The van der Waals surface area contributed by atoms with Crippen LogP contribution in [0.3, 0.4) is 0 Å². The molecule has 0 aromatic rings. The minimum Gasteiger partial charge on any atom is -0.463 e. The van der Waals surface area contributed by atoms with Gasteiger partial charge in [-0.25, -0.2) is 0 Å². The van der Waals surface area contributed by atoms with Crippen LogP contribution in [0.5, 0.6) is 0 Å². The molecule has 0 aliphatic carbocycles. The summed E-state index contributed by atoms with van der Waals surface area (Å²) in [6.07, 6.45) is 5.07. The fourth-order valence-corrected chi connectivity index (χ4v) is 0.920. The fourth-order valence-electron chi connectivity index (χ4n) is 0.920. The van der Waals surface area contributed by atoms with Crippen LogP contribution in [-0.4, -0.2) is 12.1 Å². The Morgan fingerprint density at radius 2 is 2.08 bits per heavy atom. The molecule has 0 N–H and O–H groups in total. The average Bonchev–Trinajstić information content (AvgIpc) is 1.98. The van der Waals surface area contributed by atoms with E-state index in [-0.39, 0.29) is 12.1 Å². The summed E-state index contributed by atoms with van der Waals surface area (Å²) in [5, 5.41) is 0. The van der Waals surface area contributed by atoms with Crippen LogP contribution >= 0.6 is 0 Å². The van der Waals surface area contributed by atoms with E-state index in [1.807, 2.05) is 19.9 Å². The molecule has 0 aromatic heterocycles.